The van der Waals surface area contributed by atoms with Gasteiger partial charge in [0.1, 0.15) is 5.75 Å². The summed E-state index contributed by atoms with van der Waals surface area (Å²) in [6.07, 6.45) is 0. The van der Waals surface area contributed by atoms with E-state index in [1.54, 1.807) is 6.07 Å². The number of esters is 1. The summed E-state index contributed by atoms with van der Waals surface area (Å²) in [6, 6.07) is 17.4. The molecule has 3 heterocycles. The van der Waals surface area contributed by atoms with Crippen molar-refractivity contribution in [2.45, 2.75) is 16.2 Å². The van der Waals surface area contributed by atoms with Gasteiger partial charge in [0.25, 0.3) is 0 Å². The number of benzene rings is 2. The summed E-state index contributed by atoms with van der Waals surface area (Å²) in [5.74, 6) is -0.294. The normalized spacial score (nSPS) is 24.0. The van der Waals surface area contributed by atoms with Crippen molar-refractivity contribution < 1.29 is 9.53 Å². The number of ether oxygens (including phenoxy) is 1. The minimum absolute atomic E-state index is 0.119. The first kappa shape index (κ1) is 14.6. The van der Waals surface area contributed by atoms with Gasteiger partial charge in [-0.15, -0.1) is 0 Å². The van der Waals surface area contributed by atoms with E-state index >= 15 is 0 Å². The number of fused-ring (bicyclic) bond motifs is 5. The SMILES string of the molecule is O=C1Oc2ccccc2[C@@H]2c3[nH]c(=O)[nH]c3S[C@@H](c3ccccc3)[C@H]12. The summed E-state index contributed by atoms with van der Waals surface area (Å²) in [5.41, 5.74) is 2.51. The van der Waals surface area contributed by atoms with Gasteiger partial charge in [-0.05, 0) is 11.6 Å². The first-order chi connectivity index (χ1) is 12.2. The van der Waals surface area contributed by atoms with Crippen LogP contribution in [0.15, 0.2) is 64.4 Å². The molecule has 0 unspecified atom stereocenters. The van der Waals surface area contributed by atoms with Gasteiger partial charge in [-0.2, -0.15) is 0 Å². The van der Waals surface area contributed by atoms with Crippen molar-refractivity contribution in [2.75, 3.05) is 0 Å². The van der Waals surface area contributed by atoms with E-state index in [0.29, 0.717) is 5.75 Å². The van der Waals surface area contributed by atoms with E-state index in [-0.39, 0.29) is 28.7 Å². The molecule has 0 bridgehead atoms. The van der Waals surface area contributed by atoms with Crippen LogP contribution >= 0.6 is 11.8 Å². The molecule has 124 valence electrons. The standard InChI is InChI=1S/C19H14N2O3S/c22-18-14-13(11-8-4-5-9-12(11)24-18)15-17(21-19(23)20-15)25-16(14)10-6-2-1-3-7-10/h1-9,13-14,16H,(H2,20,21,23)/t13-,14+,16-/m0/s1. The van der Waals surface area contributed by atoms with Crippen molar-refractivity contribution >= 4 is 17.7 Å². The number of hydrogen-bond acceptors (Lipinski definition) is 4. The van der Waals surface area contributed by atoms with Crippen molar-refractivity contribution in [3.8, 4) is 5.75 Å². The number of rotatable bonds is 1. The van der Waals surface area contributed by atoms with E-state index in [9.17, 15) is 9.59 Å². The van der Waals surface area contributed by atoms with Gasteiger partial charge < -0.3 is 14.7 Å². The maximum Gasteiger partial charge on any atom is 0.323 e. The Kier molecular flexibility index (Phi) is 3.15. The molecule has 2 aromatic carbocycles. The quantitative estimate of drug-likeness (QED) is 0.522. The van der Waals surface area contributed by atoms with Crippen molar-refractivity contribution in [2.24, 2.45) is 5.92 Å². The largest absolute Gasteiger partial charge is 0.426 e. The summed E-state index contributed by atoms with van der Waals surface area (Å²) in [5, 5.41) is 0.676. The predicted molar refractivity (Wildman–Crippen MR) is 93.9 cm³/mol. The number of carbonyl (C=O) groups is 1. The molecule has 5 rings (SSSR count). The van der Waals surface area contributed by atoms with Crippen LogP contribution in [0, 0.1) is 5.92 Å². The molecule has 0 radical (unpaired) electrons. The number of aromatic nitrogens is 2. The minimum Gasteiger partial charge on any atom is -0.426 e. The molecule has 2 aliphatic heterocycles. The number of aromatic amines is 2. The summed E-state index contributed by atoms with van der Waals surface area (Å²) in [6.45, 7) is 0. The van der Waals surface area contributed by atoms with Crippen LogP contribution in [0.5, 0.6) is 5.75 Å². The minimum atomic E-state index is -0.388. The van der Waals surface area contributed by atoms with E-state index in [2.05, 4.69) is 9.97 Å². The number of carbonyl (C=O) groups excluding carboxylic acids is 1. The highest BCUT2D eigenvalue weighted by atomic mass is 32.2. The molecule has 0 spiro atoms. The number of thioether (sulfide) groups is 1. The summed E-state index contributed by atoms with van der Waals surface area (Å²) < 4.78 is 5.62. The molecule has 0 aliphatic carbocycles. The smallest absolute Gasteiger partial charge is 0.323 e. The molecule has 3 atom stereocenters. The maximum atomic E-state index is 12.9. The zero-order valence-corrected chi connectivity index (χ0v) is 13.9. The number of imidazole rings is 1. The van der Waals surface area contributed by atoms with Crippen LogP contribution in [0.3, 0.4) is 0 Å². The molecule has 2 N–H and O–H groups in total. The topological polar surface area (TPSA) is 75.0 Å². The van der Waals surface area contributed by atoms with E-state index in [1.165, 1.54) is 11.8 Å². The Balaban J connectivity index is 1.75. The molecule has 0 saturated carbocycles. The maximum absolute atomic E-state index is 12.9. The van der Waals surface area contributed by atoms with Gasteiger partial charge in [-0.1, -0.05) is 60.3 Å². The van der Waals surface area contributed by atoms with E-state index < -0.39 is 0 Å². The molecular formula is C19H14N2O3S. The summed E-state index contributed by atoms with van der Waals surface area (Å²) in [7, 11) is 0. The average Bonchev–Trinajstić information content (AvgIpc) is 3.01. The van der Waals surface area contributed by atoms with Gasteiger partial charge in [0.2, 0.25) is 0 Å². The zero-order chi connectivity index (χ0) is 17.0. The molecule has 2 aliphatic rings. The number of nitrogens with one attached hydrogen (secondary N) is 2. The Labute approximate surface area is 147 Å². The molecule has 25 heavy (non-hydrogen) atoms. The highest BCUT2D eigenvalue weighted by molar-refractivity contribution is 7.99. The Bertz CT molecular complexity index is 1020. The fourth-order valence-electron chi connectivity index (χ4n) is 3.78. The Morgan fingerprint density at radius 3 is 2.52 bits per heavy atom. The molecule has 5 nitrogen and oxygen atoms in total. The van der Waals surface area contributed by atoms with Crippen LogP contribution in [0.25, 0.3) is 0 Å². The Morgan fingerprint density at radius 2 is 1.68 bits per heavy atom. The van der Waals surface area contributed by atoms with E-state index in [4.69, 9.17) is 4.74 Å². The number of hydrogen-bond donors (Lipinski definition) is 2. The lowest BCUT2D eigenvalue weighted by Gasteiger charge is -2.39. The zero-order valence-electron chi connectivity index (χ0n) is 13.1. The van der Waals surface area contributed by atoms with Crippen LogP contribution in [0.2, 0.25) is 0 Å². The predicted octanol–water partition coefficient (Wildman–Crippen LogP) is 3.22. The highest BCUT2D eigenvalue weighted by Gasteiger charge is 2.49. The lowest BCUT2D eigenvalue weighted by Crippen LogP contribution is -2.38. The lowest BCUT2D eigenvalue weighted by molar-refractivity contribution is -0.141. The van der Waals surface area contributed by atoms with Crippen LogP contribution in [0.4, 0.5) is 0 Å². The second kappa shape index (κ2) is 5.39. The molecule has 0 fully saturated rings. The van der Waals surface area contributed by atoms with Crippen molar-refractivity contribution in [3.63, 3.8) is 0 Å². The fourth-order valence-corrected chi connectivity index (χ4v) is 5.20. The lowest BCUT2D eigenvalue weighted by atomic mass is 9.77. The van der Waals surface area contributed by atoms with Crippen molar-refractivity contribution in [1.82, 2.24) is 9.97 Å². The van der Waals surface area contributed by atoms with Gasteiger partial charge in [-0.3, -0.25) is 4.79 Å². The van der Waals surface area contributed by atoms with Gasteiger partial charge in [0.15, 0.2) is 0 Å². The summed E-state index contributed by atoms with van der Waals surface area (Å²) in [4.78, 5) is 30.5. The number of para-hydroxylation sites is 1. The molecular weight excluding hydrogens is 336 g/mol. The summed E-state index contributed by atoms with van der Waals surface area (Å²) >= 11 is 1.51. The molecule has 3 aromatic rings. The van der Waals surface area contributed by atoms with Gasteiger partial charge in [0.05, 0.1) is 21.9 Å². The third kappa shape index (κ3) is 2.17. The van der Waals surface area contributed by atoms with Crippen LogP contribution in [0.1, 0.15) is 28.0 Å². The number of H-pyrrole nitrogens is 2. The fraction of sp³-hybridized carbons (Fsp3) is 0.158. The van der Waals surface area contributed by atoms with E-state index in [1.807, 2.05) is 48.5 Å². The second-order valence-corrected chi connectivity index (χ2v) is 7.39. The van der Waals surface area contributed by atoms with Crippen LogP contribution in [-0.4, -0.2) is 15.9 Å². The molecule has 0 saturated heterocycles. The monoisotopic (exact) mass is 350 g/mol. The Hall–Kier alpha value is -2.73. The van der Waals surface area contributed by atoms with Gasteiger partial charge in [0, 0.05) is 11.5 Å². The van der Waals surface area contributed by atoms with Gasteiger partial charge >= 0.3 is 11.7 Å². The molecule has 1 aromatic heterocycles. The first-order valence-electron chi connectivity index (χ1n) is 8.07. The van der Waals surface area contributed by atoms with E-state index in [0.717, 1.165) is 21.8 Å². The second-order valence-electron chi connectivity index (χ2n) is 6.23. The first-order valence-corrected chi connectivity index (χ1v) is 8.95. The third-order valence-corrected chi connectivity index (χ3v) is 6.20. The van der Waals surface area contributed by atoms with Crippen LogP contribution in [-0.2, 0) is 4.79 Å². The molecule has 6 heteroatoms. The van der Waals surface area contributed by atoms with Crippen molar-refractivity contribution in [1.29, 1.82) is 0 Å². The van der Waals surface area contributed by atoms with Crippen molar-refractivity contribution in [3.05, 3.63) is 81.9 Å². The third-order valence-electron chi connectivity index (χ3n) is 4.83. The highest BCUT2D eigenvalue weighted by Crippen LogP contribution is 2.57. The Morgan fingerprint density at radius 1 is 0.920 bits per heavy atom. The van der Waals surface area contributed by atoms with Gasteiger partial charge in [-0.25, -0.2) is 4.79 Å². The molecule has 0 amide bonds. The van der Waals surface area contributed by atoms with Crippen LogP contribution < -0.4 is 10.4 Å². The average molecular weight is 350 g/mol.